The molecule has 16 heavy (non-hydrogen) atoms. The molecule has 0 saturated carbocycles. The van der Waals surface area contributed by atoms with Crippen LogP contribution in [0, 0.1) is 17.2 Å². The smallest absolute Gasteiger partial charge is 0.103 e. The van der Waals surface area contributed by atoms with E-state index in [9.17, 15) is 5.11 Å². The second-order valence-corrected chi connectivity index (χ2v) is 4.81. The number of rotatable bonds is 4. The molecule has 1 aromatic carbocycles. The van der Waals surface area contributed by atoms with Crippen LogP contribution in [-0.2, 0) is 0 Å². The summed E-state index contributed by atoms with van der Waals surface area (Å²) in [6.45, 7) is 4.10. The summed E-state index contributed by atoms with van der Waals surface area (Å²) in [5.74, 6) is 0.301. The molecule has 1 rings (SSSR count). The molecule has 0 aliphatic rings. The maximum atomic E-state index is 9.23. The number of nitrogens with one attached hydrogen (secondary N) is 1. The van der Waals surface area contributed by atoms with Crippen molar-refractivity contribution in [3.63, 3.8) is 0 Å². The van der Waals surface area contributed by atoms with Crippen molar-refractivity contribution in [2.24, 2.45) is 5.92 Å². The SMILES string of the molecule is CC(C)[C@@H](CO)Nc1cccc(Br)c1C#N. The molecule has 0 aromatic heterocycles. The molecule has 4 heteroatoms. The summed E-state index contributed by atoms with van der Waals surface area (Å²) in [6.07, 6.45) is 0. The molecule has 0 aliphatic heterocycles. The third-order valence-corrected chi connectivity index (χ3v) is 3.13. The average Bonchev–Trinajstić information content (AvgIpc) is 2.25. The van der Waals surface area contributed by atoms with Crippen LogP contribution in [0.5, 0.6) is 0 Å². The van der Waals surface area contributed by atoms with E-state index in [1.165, 1.54) is 0 Å². The van der Waals surface area contributed by atoms with Gasteiger partial charge in [-0.25, -0.2) is 0 Å². The van der Waals surface area contributed by atoms with Crippen LogP contribution in [0.15, 0.2) is 22.7 Å². The highest BCUT2D eigenvalue weighted by Gasteiger charge is 2.14. The normalized spacial score (nSPS) is 12.2. The minimum absolute atomic E-state index is 0.0404. The maximum absolute atomic E-state index is 9.23. The van der Waals surface area contributed by atoms with Crippen molar-refractivity contribution in [3.05, 3.63) is 28.2 Å². The molecule has 3 nitrogen and oxygen atoms in total. The quantitative estimate of drug-likeness (QED) is 0.893. The molecule has 0 saturated heterocycles. The molecule has 0 heterocycles. The van der Waals surface area contributed by atoms with Gasteiger partial charge in [0.25, 0.3) is 0 Å². The van der Waals surface area contributed by atoms with E-state index in [1.807, 2.05) is 32.0 Å². The van der Waals surface area contributed by atoms with Crippen LogP contribution in [0.4, 0.5) is 5.69 Å². The zero-order valence-corrected chi connectivity index (χ0v) is 11.0. The summed E-state index contributed by atoms with van der Waals surface area (Å²) in [4.78, 5) is 0. The van der Waals surface area contributed by atoms with Crippen molar-refractivity contribution >= 4 is 21.6 Å². The van der Waals surface area contributed by atoms with Crippen molar-refractivity contribution in [3.8, 4) is 6.07 Å². The Hall–Kier alpha value is -1.05. The number of hydrogen-bond acceptors (Lipinski definition) is 3. The van der Waals surface area contributed by atoms with Gasteiger partial charge in [0.15, 0.2) is 0 Å². The fourth-order valence-electron chi connectivity index (χ4n) is 1.38. The van der Waals surface area contributed by atoms with Gasteiger partial charge >= 0.3 is 0 Å². The van der Waals surface area contributed by atoms with Gasteiger partial charge in [-0.1, -0.05) is 19.9 Å². The number of aliphatic hydroxyl groups is 1. The van der Waals surface area contributed by atoms with E-state index in [1.54, 1.807) is 0 Å². The monoisotopic (exact) mass is 282 g/mol. The molecule has 0 amide bonds. The number of anilines is 1. The molecule has 0 fully saturated rings. The molecule has 2 N–H and O–H groups in total. The maximum Gasteiger partial charge on any atom is 0.103 e. The van der Waals surface area contributed by atoms with Gasteiger partial charge in [0.2, 0.25) is 0 Å². The molecule has 0 spiro atoms. The first-order valence-corrected chi connectivity index (χ1v) is 5.95. The van der Waals surface area contributed by atoms with Crippen molar-refractivity contribution in [2.45, 2.75) is 19.9 Å². The van der Waals surface area contributed by atoms with E-state index in [0.717, 1.165) is 10.2 Å². The predicted molar refractivity (Wildman–Crippen MR) is 68.2 cm³/mol. The molecule has 1 aromatic rings. The fourth-order valence-corrected chi connectivity index (χ4v) is 1.84. The summed E-state index contributed by atoms with van der Waals surface area (Å²) in [7, 11) is 0. The number of aliphatic hydroxyl groups excluding tert-OH is 1. The topological polar surface area (TPSA) is 56.0 Å². The van der Waals surface area contributed by atoms with Crippen molar-refractivity contribution < 1.29 is 5.11 Å². The number of halogens is 1. The third-order valence-electron chi connectivity index (χ3n) is 2.47. The Bertz CT molecular complexity index is 398. The standard InChI is InChI=1S/C12H15BrN2O/c1-8(2)12(7-16)15-11-5-3-4-10(13)9(11)6-14/h3-5,8,12,15-16H,7H2,1-2H3/t12-/m1/s1. The van der Waals surface area contributed by atoms with Gasteiger partial charge in [0, 0.05) is 4.47 Å². The Morgan fingerprint density at radius 1 is 1.50 bits per heavy atom. The zero-order valence-electron chi connectivity index (χ0n) is 9.37. The lowest BCUT2D eigenvalue weighted by atomic mass is 10.0. The first-order chi connectivity index (χ1) is 7.60. The van der Waals surface area contributed by atoms with Gasteiger partial charge < -0.3 is 10.4 Å². The molecule has 0 unspecified atom stereocenters. The molecule has 1 atom stereocenters. The first-order valence-electron chi connectivity index (χ1n) is 5.16. The lowest BCUT2D eigenvalue weighted by molar-refractivity contribution is 0.249. The number of benzene rings is 1. The van der Waals surface area contributed by atoms with Crippen molar-refractivity contribution in [2.75, 3.05) is 11.9 Å². The average molecular weight is 283 g/mol. The third kappa shape index (κ3) is 2.97. The van der Waals surface area contributed by atoms with Crippen LogP contribution >= 0.6 is 15.9 Å². The van der Waals surface area contributed by atoms with Crippen LogP contribution in [0.3, 0.4) is 0 Å². The summed E-state index contributed by atoms with van der Waals surface area (Å²) < 4.78 is 0.764. The predicted octanol–water partition coefficient (Wildman–Crippen LogP) is 2.75. The summed E-state index contributed by atoms with van der Waals surface area (Å²) in [6, 6.07) is 7.63. The first kappa shape index (κ1) is 13.0. The van der Waals surface area contributed by atoms with Gasteiger partial charge in [-0.3, -0.25) is 0 Å². The van der Waals surface area contributed by atoms with E-state index in [4.69, 9.17) is 5.26 Å². The van der Waals surface area contributed by atoms with E-state index < -0.39 is 0 Å². The van der Waals surface area contributed by atoms with Crippen LogP contribution in [0.1, 0.15) is 19.4 Å². The van der Waals surface area contributed by atoms with Crippen molar-refractivity contribution in [1.29, 1.82) is 5.26 Å². The highest BCUT2D eigenvalue weighted by Crippen LogP contribution is 2.25. The lowest BCUT2D eigenvalue weighted by Crippen LogP contribution is -2.29. The van der Waals surface area contributed by atoms with Gasteiger partial charge in [-0.15, -0.1) is 0 Å². The van der Waals surface area contributed by atoms with Gasteiger partial charge in [0.05, 0.1) is 23.9 Å². The Kier molecular flexibility index (Phi) is 4.78. The van der Waals surface area contributed by atoms with Crippen LogP contribution in [0.2, 0.25) is 0 Å². The largest absolute Gasteiger partial charge is 0.394 e. The fraction of sp³-hybridized carbons (Fsp3) is 0.417. The molecular weight excluding hydrogens is 268 g/mol. The molecule has 0 aliphatic carbocycles. The Labute approximate surface area is 104 Å². The highest BCUT2D eigenvalue weighted by molar-refractivity contribution is 9.10. The molecule has 0 radical (unpaired) electrons. The Balaban J connectivity index is 2.97. The van der Waals surface area contributed by atoms with E-state index in [-0.39, 0.29) is 12.6 Å². The van der Waals surface area contributed by atoms with Gasteiger partial charge in [0.1, 0.15) is 6.07 Å². The summed E-state index contributed by atoms with van der Waals surface area (Å²) in [5.41, 5.74) is 1.33. The highest BCUT2D eigenvalue weighted by atomic mass is 79.9. The second-order valence-electron chi connectivity index (χ2n) is 3.95. The number of nitriles is 1. The Morgan fingerprint density at radius 2 is 2.19 bits per heavy atom. The van der Waals surface area contributed by atoms with Gasteiger partial charge in [-0.2, -0.15) is 5.26 Å². The van der Waals surface area contributed by atoms with Gasteiger partial charge in [-0.05, 0) is 34.0 Å². The molecule has 0 bridgehead atoms. The Morgan fingerprint density at radius 3 is 2.69 bits per heavy atom. The molecule has 86 valence electrons. The van der Waals surface area contributed by atoms with E-state index in [2.05, 4.69) is 27.3 Å². The van der Waals surface area contributed by atoms with E-state index in [0.29, 0.717) is 11.5 Å². The van der Waals surface area contributed by atoms with Crippen LogP contribution in [-0.4, -0.2) is 17.8 Å². The zero-order chi connectivity index (χ0) is 12.1. The minimum Gasteiger partial charge on any atom is -0.394 e. The van der Waals surface area contributed by atoms with Crippen molar-refractivity contribution in [1.82, 2.24) is 0 Å². The van der Waals surface area contributed by atoms with Crippen LogP contribution < -0.4 is 5.32 Å². The molecular formula is C12H15BrN2O. The minimum atomic E-state index is -0.0404. The van der Waals surface area contributed by atoms with E-state index >= 15 is 0 Å². The number of nitrogens with zero attached hydrogens (tertiary/aromatic N) is 1. The van der Waals surface area contributed by atoms with Crippen LogP contribution in [0.25, 0.3) is 0 Å². The summed E-state index contributed by atoms with van der Waals surface area (Å²) in [5, 5.41) is 21.5. The number of hydrogen-bond donors (Lipinski definition) is 2. The summed E-state index contributed by atoms with van der Waals surface area (Å²) >= 11 is 3.33. The second kappa shape index (κ2) is 5.88. The lowest BCUT2D eigenvalue weighted by Gasteiger charge is -2.22.